The van der Waals surface area contributed by atoms with E-state index >= 15 is 0 Å². The largest absolute Gasteiger partial charge is 0.486 e. The summed E-state index contributed by atoms with van der Waals surface area (Å²) in [7, 11) is 2.06. The van der Waals surface area contributed by atoms with Gasteiger partial charge in [0.15, 0.2) is 11.5 Å². The number of likely N-dealkylation sites (N-methyl/N-ethyl adjacent to an activating group) is 1. The van der Waals surface area contributed by atoms with Crippen LogP contribution in [0.1, 0.15) is 11.1 Å². The molecule has 120 valence electrons. The predicted molar refractivity (Wildman–Crippen MR) is 89.2 cm³/mol. The van der Waals surface area contributed by atoms with E-state index < -0.39 is 0 Å². The van der Waals surface area contributed by atoms with Crippen molar-refractivity contribution in [3.05, 3.63) is 65.5 Å². The van der Waals surface area contributed by atoms with Gasteiger partial charge in [-0.05, 0) is 42.4 Å². The van der Waals surface area contributed by atoms with E-state index in [9.17, 15) is 4.39 Å². The van der Waals surface area contributed by atoms with E-state index in [1.54, 1.807) is 12.1 Å². The molecule has 3 rings (SSSR count). The molecule has 0 amide bonds. The van der Waals surface area contributed by atoms with E-state index in [1.165, 1.54) is 17.7 Å². The van der Waals surface area contributed by atoms with Gasteiger partial charge in [0.25, 0.3) is 0 Å². The average Bonchev–Trinajstić information content (AvgIpc) is 2.56. The van der Waals surface area contributed by atoms with Gasteiger partial charge in [-0.25, -0.2) is 4.39 Å². The van der Waals surface area contributed by atoms with E-state index in [-0.39, 0.29) is 5.82 Å². The summed E-state index contributed by atoms with van der Waals surface area (Å²) in [5, 5.41) is 0. The number of rotatable bonds is 5. The Hall–Kier alpha value is -2.33. The Morgan fingerprint density at radius 3 is 2.57 bits per heavy atom. The zero-order chi connectivity index (χ0) is 16.1. The second-order valence-corrected chi connectivity index (χ2v) is 5.63. The lowest BCUT2D eigenvalue weighted by Gasteiger charge is -2.20. The van der Waals surface area contributed by atoms with Crippen molar-refractivity contribution < 1.29 is 13.9 Å². The molecule has 1 aliphatic rings. The fourth-order valence-corrected chi connectivity index (χ4v) is 2.50. The molecular formula is C19H20FNO2. The minimum atomic E-state index is -0.210. The minimum absolute atomic E-state index is 0.210. The predicted octanol–water partition coefficient (Wildman–Crippen LogP) is 3.74. The number of hydrogen-bond donors (Lipinski definition) is 0. The van der Waals surface area contributed by atoms with E-state index in [2.05, 4.69) is 24.1 Å². The van der Waals surface area contributed by atoms with Crippen LogP contribution in [0.5, 0.6) is 11.5 Å². The fraction of sp³-hybridized carbons (Fsp3) is 0.263. The highest BCUT2D eigenvalue weighted by Gasteiger charge is 2.12. The van der Waals surface area contributed by atoms with Crippen molar-refractivity contribution in [3.63, 3.8) is 0 Å². The number of halogens is 1. The number of hydrogen-bond acceptors (Lipinski definition) is 3. The Kier molecular flexibility index (Phi) is 4.93. The second kappa shape index (κ2) is 7.29. The maximum absolute atomic E-state index is 12.8. The van der Waals surface area contributed by atoms with E-state index in [0.29, 0.717) is 13.2 Å². The summed E-state index contributed by atoms with van der Waals surface area (Å²) in [5.41, 5.74) is 2.19. The van der Waals surface area contributed by atoms with Crippen LogP contribution in [0.4, 0.5) is 4.39 Å². The number of fused-ring (bicyclic) bond motifs is 1. The summed E-state index contributed by atoms with van der Waals surface area (Å²) < 4.78 is 24.0. The third-order valence-electron chi connectivity index (χ3n) is 3.66. The zero-order valence-corrected chi connectivity index (χ0v) is 13.2. The quantitative estimate of drug-likeness (QED) is 0.839. The van der Waals surface area contributed by atoms with Crippen molar-refractivity contribution in [1.29, 1.82) is 0 Å². The molecule has 0 saturated heterocycles. The van der Waals surface area contributed by atoms with Gasteiger partial charge in [0, 0.05) is 13.1 Å². The van der Waals surface area contributed by atoms with Crippen LogP contribution >= 0.6 is 0 Å². The highest BCUT2D eigenvalue weighted by molar-refractivity contribution is 5.49. The second-order valence-electron chi connectivity index (χ2n) is 5.63. The average molecular weight is 313 g/mol. The van der Waals surface area contributed by atoms with Crippen molar-refractivity contribution in [3.8, 4) is 11.5 Å². The Balaban J connectivity index is 1.54. The maximum atomic E-state index is 12.8. The number of nitrogens with zero attached hydrogens (tertiary/aromatic N) is 1. The van der Waals surface area contributed by atoms with Crippen LogP contribution < -0.4 is 9.47 Å². The molecule has 0 bridgehead atoms. The van der Waals surface area contributed by atoms with Gasteiger partial charge in [0.2, 0.25) is 0 Å². The first-order valence-electron chi connectivity index (χ1n) is 7.70. The zero-order valence-electron chi connectivity index (χ0n) is 13.2. The lowest BCUT2D eigenvalue weighted by Crippen LogP contribution is -2.19. The SMILES string of the molecule is CN(CC=Cc1ccc(F)cc1)Cc1ccc2c(c1)OCCO2. The number of ether oxygens (including phenoxy) is 2. The summed E-state index contributed by atoms with van der Waals surface area (Å²) in [6, 6.07) is 12.5. The van der Waals surface area contributed by atoms with Gasteiger partial charge in [-0.2, -0.15) is 0 Å². The highest BCUT2D eigenvalue weighted by Crippen LogP contribution is 2.30. The van der Waals surface area contributed by atoms with Gasteiger partial charge in [0.1, 0.15) is 19.0 Å². The topological polar surface area (TPSA) is 21.7 Å². The molecule has 3 nitrogen and oxygen atoms in total. The molecule has 2 aromatic rings. The highest BCUT2D eigenvalue weighted by atomic mass is 19.1. The van der Waals surface area contributed by atoms with Crippen LogP contribution in [0.25, 0.3) is 6.08 Å². The lowest BCUT2D eigenvalue weighted by molar-refractivity contribution is 0.171. The van der Waals surface area contributed by atoms with E-state index in [4.69, 9.17) is 9.47 Å². The molecule has 1 aliphatic heterocycles. The third-order valence-corrected chi connectivity index (χ3v) is 3.66. The fourth-order valence-electron chi connectivity index (χ4n) is 2.50. The molecule has 0 saturated carbocycles. The Labute approximate surface area is 136 Å². The molecule has 2 aromatic carbocycles. The maximum Gasteiger partial charge on any atom is 0.161 e. The van der Waals surface area contributed by atoms with Gasteiger partial charge < -0.3 is 9.47 Å². The molecule has 0 radical (unpaired) electrons. The molecule has 0 fully saturated rings. The van der Waals surface area contributed by atoms with Gasteiger partial charge in [-0.1, -0.05) is 30.4 Å². The molecule has 1 heterocycles. The van der Waals surface area contributed by atoms with Crippen molar-refractivity contribution in [2.24, 2.45) is 0 Å². The molecule has 0 aliphatic carbocycles. The normalized spacial score (nSPS) is 13.7. The molecule has 0 spiro atoms. The molecule has 0 aromatic heterocycles. The smallest absolute Gasteiger partial charge is 0.161 e. The van der Waals surface area contributed by atoms with Gasteiger partial charge >= 0.3 is 0 Å². The molecular weight excluding hydrogens is 293 g/mol. The van der Waals surface area contributed by atoms with E-state index in [1.807, 2.05) is 18.2 Å². The van der Waals surface area contributed by atoms with Crippen molar-refractivity contribution in [2.45, 2.75) is 6.54 Å². The third kappa shape index (κ3) is 4.33. The molecule has 23 heavy (non-hydrogen) atoms. The van der Waals surface area contributed by atoms with Crippen LogP contribution in [-0.2, 0) is 6.54 Å². The first-order chi connectivity index (χ1) is 11.2. The number of benzene rings is 2. The Morgan fingerprint density at radius 2 is 1.78 bits per heavy atom. The van der Waals surface area contributed by atoms with Gasteiger partial charge in [-0.15, -0.1) is 0 Å². The summed E-state index contributed by atoms with van der Waals surface area (Å²) >= 11 is 0. The molecule has 0 N–H and O–H groups in total. The van der Waals surface area contributed by atoms with Crippen molar-refractivity contribution in [2.75, 3.05) is 26.8 Å². The van der Waals surface area contributed by atoms with Crippen LogP contribution in [-0.4, -0.2) is 31.7 Å². The summed E-state index contributed by atoms with van der Waals surface area (Å²) in [6.07, 6.45) is 4.07. The lowest BCUT2D eigenvalue weighted by atomic mass is 10.1. The first kappa shape index (κ1) is 15.6. The molecule has 0 atom stereocenters. The Bertz CT molecular complexity index is 682. The van der Waals surface area contributed by atoms with Crippen LogP contribution in [0, 0.1) is 5.82 Å². The summed E-state index contributed by atoms with van der Waals surface area (Å²) in [4.78, 5) is 2.20. The minimum Gasteiger partial charge on any atom is -0.486 e. The van der Waals surface area contributed by atoms with Crippen LogP contribution in [0.2, 0.25) is 0 Å². The summed E-state index contributed by atoms with van der Waals surface area (Å²) in [6.45, 7) is 2.85. The van der Waals surface area contributed by atoms with Crippen LogP contribution in [0.15, 0.2) is 48.5 Å². The van der Waals surface area contributed by atoms with Gasteiger partial charge in [-0.3, -0.25) is 4.90 Å². The van der Waals surface area contributed by atoms with Crippen molar-refractivity contribution >= 4 is 6.08 Å². The summed E-state index contributed by atoms with van der Waals surface area (Å²) in [5.74, 6) is 1.43. The van der Waals surface area contributed by atoms with Crippen molar-refractivity contribution in [1.82, 2.24) is 4.90 Å². The molecule has 0 unspecified atom stereocenters. The van der Waals surface area contributed by atoms with Crippen LogP contribution in [0.3, 0.4) is 0 Å². The standard InChI is InChI=1S/C19H20FNO2/c1-21(10-2-3-15-4-7-17(20)8-5-15)14-16-6-9-18-19(13-16)23-12-11-22-18/h2-9,13H,10-12,14H2,1H3. The van der Waals surface area contributed by atoms with E-state index in [0.717, 1.165) is 30.2 Å². The van der Waals surface area contributed by atoms with Gasteiger partial charge in [0.05, 0.1) is 0 Å². The first-order valence-corrected chi connectivity index (χ1v) is 7.70. The Morgan fingerprint density at radius 1 is 1.04 bits per heavy atom. The monoisotopic (exact) mass is 313 g/mol. The molecule has 4 heteroatoms.